The molecule has 1 heterocycles. The Morgan fingerprint density at radius 3 is 1.95 bits per heavy atom. The van der Waals surface area contributed by atoms with Crippen molar-refractivity contribution >= 4 is 44.6 Å². The van der Waals surface area contributed by atoms with E-state index in [1.807, 2.05) is 60.7 Å². The normalized spacial score (nSPS) is 13.5. The molecule has 38 heavy (non-hydrogen) atoms. The van der Waals surface area contributed by atoms with Crippen molar-refractivity contribution in [3.8, 4) is 0 Å². The van der Waals surface area contributed by atoms with Crippen LogP contribution in [0.5, 0.6) is 0 Å². The molecule has 1 aliphatic heterocycles. The van der Waals surface area contributed by atoms with Gasteiger partial charge in [0.1, 0.15) is 0 Å². The Kier molecular flexibility index (Phi) is 7.67. The Balaban J connectivity index is 1.51. The summed E-state index contributed by atoms with van der Waals surface area (Å²) >= 11 is 5.94. The first-order valence-corrected chi connectivity index (χ1v) is 14.3. The number of anilines is 3. The maximum atomic E-state index is 13.9. The van der Waals surface area contributed by atoms with E-state index in [-0.39, 0.29) is 10.8 Å². The number of halogens is 1. The van der Waals surface area contributed by atoms with Crippen molar-refractivity contribution in [1.82, 2.24) is 0 Å². The van der Waals surface area contributed by atoms with Crippen LogP contribution in [0.15, 0.2) is 108 Å². The number of nitrogens with one attached hydrogen (secondary N) is 2. The fourth-order valence-electron chi connectivity index (χ4n) is 4.74. The molecule has 1 fully saturated rings. The minimum absolute atomic E-state index is 0.0571. The Hall–Kier alpha value is -3.81. The van der Waals surface area contributed by atoms with Crippen LogP contribution in [0.25, 0.3) is 0 Å². The molecule has 5 rings (SSSR count). The van der Waals surface area contributed by atoms with E-state index in [1.165, 1.54) is 6.07 Å². The highest BCUT2D eigenvalue weighted by Gasteiger charge is 2.26. The van der Waals surface area contributed by atoms with E-state index in [0.29, 0.717) is 16.4 Å². The predicted octanol–water partition coefficient (Wildman–Crippen LogP) is 6.51. The van der Waals surface area contributed by atoms with Crippen molar-refractivity contribution in [3.63, 3.8) is 0 Å². The average Bonchev–Trinajstić information content (AvgIpc) is 3.46. The Morgan fingerprint density at radius 2 is 1.37 bits per heavy atom. The van der Waals surface area contributed by atoms with Gasteiger partial charge in [-0.3, -0.25) is 9.52 Å². The highest BCUT2D eigenvalue weighted by atomic mass is 35.5. The molecular weight excluding hydrogens is 518 g/mol. The van der Waals surface area contributed by atoms with Crippen molar-refractivity contribution in [2.75, 3.05) is 28.0 Å². The maximum Gasteiger partial charge on any atom is 0.261 e. The van der Waals surface area contributed by atoms with Crippen LogP contribution in [0.2, 0.25) is 5.02 Å². The van der Waals surface area contributed by atoms with Gasteiger partial charge in [0, 0.05) is 23.8 Å². The lowest BCUT2D eigenvalue weighted by molar-refractivity contribution is -0.116. The first-order valence-electron chi connectivity index (χ1n) is 12.5. The number of benzene rings is 4. The minimum Gasteiger partial charge on any atom is -0.370 e. The van der Waals surface area contributed by atoms with Crippen LogP contribution in [0.4, 0.5) is 17.1 Å². The zero-order valence-electron chi connectivity index (χ0n) is 20.7. The molecule has 0 aliphatic carbocycles. The minimum atomic E-state index is -3.91. The summed E-state index contributed by atoms with van der Waals surface area (Å²) in [5, 5.41) is 3.59. The quantitative estimate of drug-likeness (QED) is 0.264. The first-order chi connectivity index (χ1) is 18.4. The molecule has 0 bridgehead atoms. The third-order valence-electron chi connectivity index (χ3n) is 6.61. The van der Waals surface area contributed by atoms with Gasteiger partial charge in [0.15, 0.2) is 0 Å². The van der Waals surface area contributed by atoms with E-state index < -0.39 is 15.9 Å². The van der Waals surface area contributed by atoms with E-state index >= 15 is 0 Å². The number of hydrogen-bond acceptors (Lipinski definition) is 4. The van der Waals surface area contributed by atoms with E-state index in [1.54, 1.807) is 36.4 Å². The van der Waals surface area contributed by atoms with E-state index in [4.69, 9.17) is 11.6 Å². The molecular formula is C30H28ClN3O3S. The van der Waals surface area contributed by atoms with Crippen molar-refractivity contribution < 1.29 is 13.2 Å². The molecule has 1 saturated heterocycles. The molecule has 4 aromatic rings. The second kappa shape index (κ2) is 11.3. The number of rotatable bonds is 8. The van der Waals surface area contributed by atoms with Crippen LogP contribution in [-0.2, 0) is 14.8 Å². The largest absolute Gasteiger partial charge is 0.370 e. The van der Waals surface area contributed by atoms with Gasteiger partial charge in [-0.1, -0.05) is 72.3 Å². The molecule has 0 aromatic heterocycles. The van der Waals surface area contributed by atoms with Crippen molar-refractivity contribution in [1.29, 1.82) is 0 Å². The summed E-state index contributed by atoms with van der Waals surface area (Å²) in [5.74, 6) is -0.792. The molecule has 0 unspecified atom stereocenters. The number of carbonyl (C=O) groups excluding carboxylic acids is 1. The topological polar surface area (TPSA) is 78.5 Å². The van der Waals surface area contributed by atoms with E-state index in [2.05, 4.69) is 14.9 Å². The number of carbonyl (C=O) groups is 1. The van der Waals surface area contributed by atoms with Gasteiger partial charge in [0.25, 0.3) is 10.0 Å². The average molecular weight is 546 g/mol. The van der Waals surface area contributed by atoms with Gasteiger partial charge in [-0.2, -0.15) is 0 Å². The smallest absolute Gasteiger partial charge is 0.261 e. The highest BCUT2D eigenvalue weighted by molar-refractivity contribution is 7.92. The van der Waals surface area contributed by atoms with E-state index in [9.17, 15) is 13.2 Å². The van der Waals surface area contributed by atoms with Crippen molar-refractivity contribution in [3.05, 3.63) is 119 Å². The van der Waals surface area contributed by atoms with Gasteiger partial charge in [-0.05, 0) is 66.4 Å². The zero-order valence-corrected chi connectivity index (χ0v) is 22.3. The fourth-order valence-corrected chi connectivity index (χ4v) is 5.95. The summed E-state index contributed by atoms with van der Waals surface area (Å²) in [6, 6.07) is 30.5. The summed E-state index contributed by atoms with van der Waals surface area (Å²) in [6.45, 7) is 1.69. The van der Waals surface area contributed by atoms with Gasteiger partial charge < -0.3 is 10.2 Å². The molecule has 1 aliphatic rings. The molecule has 2 N–H and O–H groups in total. The molecule has 6 nitrogen and oxygen atoms in total. The Bertz CT molecular complexity index is 1470. The van der Waals surface area contributed by atoms with Crippen LogP contribution in [0, 0.1) is 0 Å². The lowest BCUT2D eigenvalue weighted by Gasteiger charge is -2.24. The van der Waals surface area contributed by atoms with Gasteiger partial charge in [0.05, 0.1) is 22.2 Å². The molecule has 4 aromatic carbocycles. The fraction of sp³-hybridized carbons (Fsp3) is 0.167. The zero-order chi connectivity index (χ0) is 26.5. The van der Waals surface area contributed by atoms with Gasteiger partial charge in [0.2, 0.25) is 5.91 Å². The highest BCUT2D eigenvalue weighted by Crippen LogP contribution is 2.34. The van der Waals surface area contributed by atoms with Gasteiger partial charge in [-0.25, -0.2) is 8.42 Å². The summed E-state index contributed by atoms with van der Waals surface area (Å²) in [4.78, 5) is 16.1. The summed E-state index contributed by atoms with van der Waals surface area (Å²) < 4.78 is 29.1. The molecule has 0 spiro atoms. The Labute approximate surface area is 228 Å². The summed E-state index contributed by atoms with van der Waals surface area (Å²) in [5.41, 5.74) is 3.38. The standard InChI is InChI=1S/C30H28ClN3O3S/c31-24-13-15-25(16-14-24)33-38(36,37)26-17-18-28(34-19-7-8-20-34)27(21-26)32-30(35)29(22-9-3-1-4-10-22)23-11-5-2-6-12-23/h1-6,9-18,21,29,33H,7-8,19-20H2,(H,32,35). The van der Waals surface area contributed by atoms with Crippen LogP contribution < -0.4 is 14.9 Å². The Morgan fingerprint density at radius 1 is 0.789 bits per heavy atom. The predicted molar refractivity (Wildman–Crippen MR) is 154 cm³/mol. The lowest BCUT2D eigenvalue weighted by Crippen LogP contribution is -2.25. The molecule has 8 heteroatoms. The van der Waals surface area contributed by atoms with E-state index in [0.717, 1.165) is 42.7 Å². The number of amides is 1. The maximum absolute atomic E-state index is 13.9. The molecule has 0 atom stereocenters. The molecule has 194 valence electrons. The lowest BCUT2D eigenvalue weighted by atomic mass is 9.90. The summed E-state index contributed by atoms with van der Waals surface area (Å²) in [6.07, 6.45) is 2.09. The van der Waals surface area contributed by atoms with Crippen LogP contribution in [0.1, 0.15) is 29.9 Å². The van der Waals surface area contributed by atoms with Crippen LogP contribution in [-0.4, -0.2) is 27.4 Å². The van der Waals surface area contributed by atoms with Crippen LogP contribution >= 0.6 is 11.6 Å². The first kappa shape index (κ1) is 25.8. The number of nitrogens with zero attached hydrogens (tertiary/aromatic N) is 1. The van der Waals surface area contributed by atoms with Crippen molar-refractivity contribution in [2.24, 2.45) is 0 Å². The second-order valence-corrected chi connectivity index (χ2v) is 11.3. The summed E-state index contributed by atoms with van der Waals surface area (Å²) in [7, 11) is -3.91. The SMILES string of the molecule is O=C(Nc1cc(S(=O)(=O)Nc2ccc(Cl)cc2)ccc1N1CCCC1)C(c1ccccc1)c1ccccc1. The number of hydrogen-bond donors (Lipinski definition) is 2. The van der Waals surface area contributed by atoms with Crippen LogP contribution in [0.3, 0.4) is 0 Å². The van der Waals surface area contributed by atoms with Gasteiger partial charge in [-0.15, -0.1) is 0 Å². The van der Waals surface area contributed by atoms with Gasteiger partial charge >= 0.3 is 0 Å². The third-order valence-corrected chi connectivity index (χ3v) is 8.24. The monoisotopic (exact) mass is 545 g/mol. The molecule has 0 saturated carbocycles. The van der Waals surface area contributed by atoms with Crippen molar-refractivity contribution in [2.45, 2.75) is 23.7 Å². The molecule has 0 radical (unpaired) electrons. The number of sulfonamides is 1. The molecule has 1 amide bonds. The third kappa shape index (κ3) is 5.85. The second-order valence-electron chi connectivity index (χ2n) is 9.23.